The van der Waals surface area contributed by atoms with Gasteiger partial charge in [0.1, 0.15) is 0 Å². The van der Waals surface area contributed by atoms with Gasteiger partial charge in [-0.05, 0) is 50.6 Å². The summed E-state index contributed by atoms with van der Waals surface area (Å²) in [5.74, 6) is -0.720. The van der Waals surface area contributed by atoms with E-state index in [0.717, 1.165) is 50.9 Å². The van der Waals surface area contributed by atoms with E-state index in [1.807, 2.05) is 0 Å². The smallest absolute Gasteiger partial charge is 0.230 e. The van der Waals surface area contributed by atoms with Gasteiger partial charge in [0.25, 0.3) is 0 Å². The molecule has 0 radical (unpaired) electrons. The number of piperidine rings is 1. The van der Waals surface area contributed by atoms with E-state index in [0.29, 0.717) is 6.54 Å². The van der Waals surface area contributed by atoms with Gasteiger partial charge in [0, 0.05) is 31.7 Å². The van der Waals surface area contributed by atoms with Crippen LogP contribution in [0.4, 0.5) is 8.78 Å². The number of halogens is 2. The van der Waals surface area contributed by atoms with Crippen LogP contribution in [0.1, 0.15) is 44.1 Å². The SMILES string of the molecule is O=C1N(Cc2cccc(F)c2F)CCCC12CCN(CC1CCC1)C2. The van der Waals surface area contributed by atoms with E-state index < -0.39 is 11.6 Å². The Kier molecular flexibility index (Phi) is 4.52. The molecule has 1 unspecified atom stereocenters. The summed E-state index contributed by atoms with van der Waals surface area (Å²) in [4.78, 5) is 17.3. The lowest BCUT2D eigenvalue weighted by atomic mass is 9.78. The molecule has 0 aromatic heterocycles. The summed E-state index contributed by atoms with van der Waals surface area (Å²) in [5, 5.41) is 0. The summed E-state index contributed by atoms with van der Waals surface area (Å²) < 4.78 is 27.4. The fourth-order valence-corrected chi connectivity index (χ4v) is 4.71. The molecule has 25 heavy (non-hydrogen) atoms. The first-order valence-electron chi connectivity index (χ1n) is 9.52. The third-order valence-electron chi connectivity index (χ3n) is 6.39. The molecular weight excluding hydrogens is 322 g/mol. The highest BCUT2D eigenvalue weighted by atomic mass is 19.2. The van der Waals surface area contributed by atoms with E-state index >= 15 is 0 Å². The van der Waals surface area contributed by atoms with Crippen molar-refractivity contribution >= 4 is 5.91 Å². The minimum Gasteiger partial charge on any atom is -0.338 e. The van der Waals surface area contributed by atoms with Gasteiger partial charge in [-0.15, -0.1) is 0 Å². The van der Waals surface area contributed by atoms with Crippen molar-refractivity contribution in [2.45, 2.75) is 45.1 Å². The van der Waals surface area contributed by atoms with Crippen LogP contribution in [-0.2, 0) is 11.3 Å². The van der Waals surface area contributed by atoms with Crippen LogP contribution < -0.4 is 0 Å². The molecule has 136 valence electrons. The molecule has 1 atom stereocenters. The lowest BCUT2D eigenvalue weighted by Crippen LogP contribution is -2.50. The molecule has 5 heteroatoms. The lowest BCUT2D eigenvalue weighted by Gasteiger charge is -2.40. The minimum absolute atomic E-state index is 0.138. The zero-order valence-electron chi connectivity index (χ0n) is 14.6. The van der Waals surface area contributed by atoms with Crippen molar-refractivity contribution < 1.29 is 13.6 Å². The molecule has 0 N–H and O–H groups in total. The summed E-state index contributed by atoms with van der Waals surface area (Å²) in [7, 11) is 0. The van der Waals surface area contributed by atoms with Crippen LogP contribution in [0.2, 0.25) is 0 Å². The zero-order valence-corrected chi connectivity index (χ0v) is 14.6. The summed E-state index contributed by atoms with van der Waals surface area (Å²) in [6.45, 7) is 3.76. The lowest BCUT2D eigenvalue weighted by molar-refractivity contribution is -0.146. The molecule has 1 amide bonds. The van der Waals surface area contributed by atoms with Gasteiger partial charge in [0.05, 0.1) is 5.41 Å². The molecule has 0 bridgehead atoms. The van der Waals surface area contributed by atoms with Gasteiger partial charge < -0.3 is 9.80 Å². The first-order chi connectivity index (χ1) is 12.1. The van der Waals surface area contributed by atoms with E-state index in [1.165, 1.54) is 25.3 Å². The molecule has 1 aromatic carbocycles. The Bertz CT molecular complexity index is 661. The van der Waals surface area contributed by atoms with Gasteiger partial charge in [0.2, 0.25) is 5.91 Å². The molecule has 3 aliphatic rings. The van der Waals surface area contributed by atoms with Crippen LogP contribution in [0, 0.1) is 23.0 Å². The normalized spacial score (nSPS) is 27.9. The number of hydrogen-bond acceptors (Lipinski definition) is 2. The molecule has 1 saturated carbocycles. The number of likely N-dealkylation sites (tertiary alicyclic amines) is 2. The van der Waals surface area contributed by atoms with Crippen molar-refractivity contribution in [1.29, 1.82) is 0 Å². The van der Waals surface area contributed by atoms with Gasteiger partial charge in [-0.1, -0.05) is 18.6 Å². The summed E-state index contributed by atoms with van der Waals surface area (Å²) in [5.41, 5.74) is -0.0269. The highest BCUT2D eigenvalue weighted by molar-refractivity contribution is 5.84. The second kappa shape index (κ2) is 6.67. The fraction of sp³-hybridized carbons (Fsp3) is 0.650. The van der Waals surface area contributed by atoms with Crippen molar-refractivity contribution in [3.63, 3.8) is 0 Å². The first kappa shape index (κ1) is 17.0. The first-order valence-corrected chi connectivity index (χ1v) is 9.52. The number of hydrogen-bond donors (Lipinski definition) is 0. The van der Waals surface area contributed by atoms with Gasteiger partial charge in [-0.3, -0.25) is 4.79 Å². The number of carbonyl (C=O) groups excluding carboxylic acids is 1. The molecule has 4 rings (SSSR count). The van der Waals surface area contributed by atoms with E-state index in [4.69, 9.17) is 0 Å². The number of benzene rings is 1. The van der Waals surface area contributed by atoms with E-state index in [2.05, 4.69) is 4.90 Å². The minimum atomic E-state index is -0.843. The average molecular weight is 348 g/mol. The Morgan fingerprint density at radius 1 is 1.12 bits per heavy atom. The summed E-state index contributed by atoms with van der Waals surface area (Å²) in [6.07, 6.45) is 6.76. The van der Waals surface area contributed by atoms with Crippen molar-refractivity contribution in [3.8, 4) is 0 Å². The van der Waals surface area contributed by atoms with Crippen LogP contribution in [0.5, 0.6) is 0 Å². The number of amides is 1. The molecule has 2 heterocycles. The third kappa shape index (κ3) is 3.19. The molecule has 3 nitrogen and oxygen atoms in total. The maximum absolute atomic E-state index is 14.0. The standard InChI is InChI=1S/C20H26F2N2O/c21-17-7-2-6-16(18(17)22)13-24-10-3-8-20(19(24)25)9-11-23(14-20)12-15-4-1-5-15/h2,6-7,15H,1,3-5,8-14H2. The predicted octanol–water partition coefficient (Wildman–Crippen LogP) is 3.58. The second-order valence-corrected chi connectivity index (χ2v) is 8.11. The molecule has 1 spiro atoms. The molecule has 3 fully saturated rings. The Morgan fingerprint density at radius 3 is 2.72 bits per heavy atom. The summed E-state index contributed by atoms with van der Waals surface area (Å²) >= 11 is 0. The Balaban J connectivity index is 1.45. The monoisotopic (exact) mass is 348 g/mol. The topological polar surface area (TPSA) is 23.6 Å². The third-order valence-corrected chi connectivity index (χ3v) is 6.39. The number of rotatable bonds is 4. The predicted molar refractivity (Wildman–Crippen MR) is 91.8 cm³/mol. The van der Waals surface area contributed by atoms with Crippen molar-refractivity contribution in [1.82, 2.24) is 9.80 Å². The van der Waals surface area contributed by atoms with Crippen LogP contribution in [0.25, 0.3) is 0 Å². The van der Waals surface area contributed by atoms with E-state index in [1.54, 1.807) is 11.0 Å². The van der Waals surface area contributed by atoms with Gasteiger partial charge >= 0.3 is 0 Å². The highest BCUT2D eigenvalue weighted by Crippen LogP contribution is 2.41. The molecule has 1 aromatic rings. The van der Waals surface area contributed by atoms with Crippen LogP contribution >= 0.6 is 0 Å². The zero-order chi connectivity index (χ0) is 17.4. The van der Waals surface area contributed by atoms with E-state index in [-0.39, 0.29) is 23.4 Å². The highest BCUT2D eigenvalue weighted by Gasteiger charge is 2.48. The second-order valence-electron chi connectivity index (χ2n) is 8.11. The molecule has 1 aliphatic carbocycles. The Morgan fingerprint density at radius 2 is 1.96 bits per heavy atom. The molecular formula is C20H26F2N2O. The van der Waals surface area contributed by atoms with Crippen molar-refractivity contribution in [2.75, 3.05) is 26.2 Å². The maximum Gasteiger partial charge on any atom is 0.230 e. The van der Waals surface area contributed by atoms with Crippen molar-refractivity contribution in [3.05, 3.63) is 35.4 Å². The van der Waals surface area contributed by atoms with Gasteiger partial charge in [-0.25, -0.2) is 8.78 Å². The van der Waals surface area contributed by atoms with Crippen molar-refractivity contribution in [2.24, 2.45) is 11.3 Å². The largest absolute Gasteiger partial charge is 0.338 e. The van der Waals surface area contributed by atoms with Gasteiger partial charge in [0.15, 0.2) is 11.6 Å². The quantitative estimate of drug-likeness (QED) is 0.830. The Labute approximate surface area is 148 Å². The Hall–Kier alpha value is -1.49. The molecule has 2 aliphatic heterocycles. The fourth-order valence-electron chi connectivity index (χ4n) is 4.71. The summed E-state index contributed by atoms with van der Waals surface area (Å²) in [6, 6.07) is 4.20. The van der Waals surface area contributed by atoms with E-state index in [9.17, 15) is 13.6 Å². The van der Waals surface area contributed by atoms with Crippen LogP contribution in [0.3, 0.4) is 0 Å². The molecule has 2 saturated heterocycles. The number of nitrogens with zero attached hydrogens (tertiary/aromatic N) is 2. The van der Waals surface area contributed by atoms with Crippen LogP contribution in [-0.4, -0.2) is 41.9 Å². The number of carbonyl (C=O) groups is 1. The van der Waals surface area contributed by atoms with Gasteiger partial charge in [-0.2, -0.15) is 0 Å². The maximum atomic E-state index is 14.0. The van der Waals surface area contributed by atoms with Crippen LogP contribution in [0.15, 0.2) is 18.2 Å². The average Bonchev–Trinajstić information content (AvgIpc) is 2.96.